The molecule has 0 radical (unpaired) electrons. The van der Waals surface area contributed by atoms with Crippen LogP contribution < -0.4 is 5.32 Å². The fourth-order valence-electron chi connectivity index (χ4n) is 1.15. The standard InChI is InChI=1S/C12H17NO2S/c1-9(2)15-12(14)13-8-16-11-7-5-4-6-10(11)3/h4-7,9H,8H2,1-3H3,(H,13,14). The van der Waals surface area contributed by atoms with E-state index in [2.05, 4.69) is 18.3 Å². The number of rotatable bonds is 4. The lowest BCUT2D eigenvalue weighted by molar-refractivity contribution is 0.117. The van der Waals surface area contributed by atoms with Gasteiger partial charge in [0.05, 0.1) is 12.0 Å². The summed E-state index contributed by atoms with van der Waals surface area (Å²) >= 11 is 1.59. The molecule has 1 aromatic carbocycles. The molecule has 0 unspecified atom stereocenters. The number of nitrogens with one attached hydrogen (secondary N) is 1. The first-order chi connectivity index (χ1) is 7.59. The monoisotopic (exact) mass is 239 g/mol. The van der Waals surface area contributed by atoms with E-state index in [0.717, 1.165) is 0 Å². The van der Waals surface area contributed by atoms with Gasteiger partial charge >= 0.3 is 6.09 Å². The second-order valence-corrected chi connectivity index (χ2v) is 4.70. The zero-order valence-corrected chi connectivity index (χ0v) is 10.6. The van der Waals surface area contributed by atoms with Crippen molar-refractivity contribution in [1.82, 2.24) is 5.32 Å². The molecule has 16 heavy (non-hydrogen) atoms. The van der Waals surface area contributed by atoms with Gasteiger partial charge in [-0.2, -0.15) is 0 Å². The van der Waals surface area contributed by atoms with Gasteiger partial charge in [0.25, 0.3) is 0 Å². The highest BCUT2D eigenvalue weighted by atomic mass is 32.2. The largest absolute Gasteiger partial charge is 0.447 e. The third-order valence-corrected chi connectivity index (χ3v) is 2.94. The van der Waals surface area contributed by atoms with Crippen molar-refractivity contribution >= 4 is 17.9 Å². The number of ether oxygens (including phenoxy) is 1. The second-order valence-electron chi connectivity index (χ2n) is 3.69. The molecule has 3 nitrogen and oxygen atoms in total. The van der Waals surface area contributed by atoms with Crippen molar-refractivity contribution in [3.8, 4) is 0 Å². The van der Waals surface area contributed by atoms with Crippen molar-refractivity contribution in [2.75, 3.05) is 5.88 Å². The number of aryl methyl sites for hydroxylation is 1. The Morgan fingerprint density at radius 1 is 1.44 bits per heavy atom. The normalized spacial score (nSPS) is 10.2. The summed E-state index contributed by atoms with van der Waals surface area (Å²) in [6, 6.07) is 8.08. The molecule has 0 aliphatic rings. The van der Waals surface area contributed by atoms with Crippen LogP contribution >= 0.6 is 11.8 Å². The van der Waals surface area contributed by atoms with E-state index in [-0.39, 0.29) is 12.2 Å². The van der Waals surface area contributed by atoms with Crippen LogP contribution in [0.4, 0.5) is 4.79 Å². The Hall–Kier alpha value is -1.16. The molecule has 1 amide bonds. The van der Waals surface area contributed by atoms with Gasteiger partial charge in [-0.25, -0.2) is 4.79 Å². The third kappa shape index (κ3) is 4.57. The lowest BCUT2D eigenvalue weighted by atomic mass is 10.2. The average molecular weight is 239 g/mol. The molecule has 4 heteroatoms. The van der Waals surface area contributed by atoms with Crippen LogP contribution in [0, 0.1) is 6.92 Å². The maximum absolute atomic E-state index is 11.2. The molecular formula is C12H17NO2S. The molecule has 0 heterocycles. The highest BCUT2D eigenvalue weighted by molar-refractivity contribution is 7.99. The van der Waals surface area contributed by atoms with Crippen LogP contribution in [0.2, 0.25) is 0 Å². The molecular weight excluding hydrogens is 222 g/mol. The Labute approximate surface area is 101 Å². The number of hydrogen-bond donors (Lipinski definition) is 1. The minimum absolute atomic E-state index is 0.0801. The zero-order valence-electron chi connectivity index (χ0n) is 9.82. The molecule has 0 fully saturated rings. The molecule has 0 saturated carbocycles. The molecule has 0 bridgehead atoms. The predicted molar refractivity (Wildman–Crippen MR) is 66.7 cm³/mol. The van der Waals surface area contributed by atoms with Crippen LogP contribution in [0.1, 0.15) is 19.4 Å². The maximum Gasteiger partial charge on any atom is 0.408 e. The van der Waals surface area contributed by atoms with E-state index in [1.165, 1.54) is 10.5 Å². The summed E-state index contributed by atoms with van der Waals surface area (Å²) in [7, 11) is 0. The van der Waals surface area contributed by atoms with Crippen molar-refractivity contribution in [2.24, 2.45) is 0 Å². The Bertz CT molecular complexity index is 353. The fourth-order valence-corrected chi connectivity index (χ4v) is 1.96. The minimum atomic E-state index is -0.365. The van der Waals surface area contributed by atoms with Crippen LogP contribution in [-0.4, -0.2) is 18.1 Å². The minimum Gasteiger partial charge on any atom is -0.447 e. The van der Waals surface area contributed by atoms with E-state index in [1.54, 1.807) is 11.8 Å². The van der Waals surface area contributed by atoms with Crippen molar-refractivity contribution in [1.29, 1.82) is 0 Å². The quantitative estimate of drug-likeness (QED) is 0.648. The van der Waals surface area contributed by atoms with Gasteiger partial charge in [0, 0.05) is 4.90 Å². The summed E-state index contributed by atoms with van der Waals surface area (Å²) in [4.78, 5) is 12.4. The number of hydrogen-bond acceptors (Lipinski definition) is 3. The molecule has 0 spiro atoms. The van der Waals surface area contributed by atoms with Crippen LogP contribution in [0.5, 0.6) is 0 Å². The van der Waals surface area contributed by atoms with Gasteiger partial charge < -0.3 is 10.1 Å². The first-order valence-electron chi connectivity index (χ1n) is 5.22. The molecule has 0 aliphatic carbocycles. The fraction of sp³-hybridized carbons (Fsp3) is 0.417. The van der Waals surface area contributed by atoms with E-state index in [4.69, 9.17) is 4.74 Å². The summed E-state index contributed by atoms with van der Waals surface area (Å²) in [6.07, 6.45) is -0.445. The molecule has 0 aliphatic heterocycles. The number of amides is 1. The number of alkyl carbamates (subject to hydrolysis) is 1. The lowest BCUT2D eigenvalue weighted by Gasteiger charge is -2.09. The van der Waals surface area contributed by atoms with Crippen molar-refractivity contribution in [2.45, 2.75) is 31.8 Å². The number of thioether (sulfide) groups is 1. The van der Waals surface area contributed by atoms with E-state index in [0.29, 0.717) is 5.88 Å². The number of carbonyl (C=O) groups excluding carboxylic acids is 1. The van der Waals surface area contributed by atoms with E-state index >= 15 is 0 Å². The van der Waals surface area contributed by atoms with E-state index < -0.39 is 0 Å². The summed E-state index contributed by atoms with van der Waals surface area (Å²) in [5.74, 6) is 0.524. The molecule has 1 N–H and O–H groups in total. The van der Waals surface area contributed by atoms with Crippen LogP contribution in [0.3, 0.4) is 0 Å². The molecule has 1 rings (SSSR count). The van der Waals surface area contributed by atoms with Crippen molar-refractivity contribution in [3.63, 3.8) is 0 Å². The first kappa shape index (κ1) is 12.9. The van der Waals surface area contributed by atoms with Gasteiger partial charge in [0.1, 0.15) is 0 Å². The molecule has 0 aromatic heterocycles. The van der Waals surface area contributed by atoms with Crippen LogP contribution in [0.15, 0.2) is 29.2 Å². The molecule has 88 valence electrons. The lowest BCUT2D eigenvalue weighted by Crippen LogP contribution is -2.26. The van der Waals surface area contributed by atoms with Gasteiger partial charge in [0.15, 0.2) is 0 Å². The smallest absolute Gasteiger partial charge is 0.408 e. The van der Waals surface area contributed by atoms with Crippen LogP contribution in [0.25, 0.3) is 0 Å². The highest BCUT2D eigenvalue weighted by Gasteiger charge is 2.04. The van der Waals surface area contributed by atoms with E-state index in [9.17, 15) is 4.79 Å². The Balaban J connectivity index is 2.31. The highest BCUT2D eigenvalue weighted by Crippen LogP contribution is 2.20. The zero-order chi connectivity index (χ0) is 12.0. The Morgan fingerprint density at radius 3 is 2.75 bits per heavy atom. The van der Waals surface area contributed by atoms with E-state index in [1.807, 2.05) is 32.0 Å². The van der Waals surface area contributed by atoms with Crippen molar-refractivity contribution < 1.29 is 9.53 Å². The number of carbonyl (C=O) groups is 1. The average Bonchev–Trinajstić information content (AvgIpc) is 2.19. The first-order valence-corrected chi connectivity index (χ1v) is 6.21. The number of benzene rings is 1. The summed E-state index contributed by atoms with van der Waals surface area (Å²) in [6.45, 7) is 5.71. The predicted octanol–water partition coefficient (Wildman–Crippen LogP) is 3.18. The Morgan fingerprint density at radius 2 is 2.12 bits per heavy atom. The van der Waals surface area contributed by atoms with Gasteiger partial charge in [-0.15, -0.1) is 11.8 Å². The summed E-state index contributed by atoms with van der Waals surface area (Å²) in [5.41, 5.74) is 1.21. The molecule has 0 saturated heterocycles. The SMILES string of the molecule is Cc1ccccc1SCNC(=O)OC(C)C. The Kier molecular flexibility index (Phi) is 5.19. The van der Waals surface area contributed by atoms with Crippen molar-refractivity contribution in [3.05, 3.63) is 29.8 Å². The van der Waals surface area contributed by atoms with Gasteiger partial charge in [0.2, 0.25) is 0 Å². The second kappa shape index (κ2) is 6.43. The third-order valence-electron chi connectivity index (χ3n) is 1.88. The van der Waals surface area contributed by atoms with Gasteiger partial charge in [-0.1, -0.05) is 18.2 Å². The van der Waals surface area contributed by atoms with Gasteiger partial charge in [-0.05, 0) is 32.4 Å². The van der Waals surface area contributed by atoms with Gasteiger partial charge in [-0.3, -0.25) is 0 Å². The summed E-state index contributed by atoms with van der Waals surface area (Å²) in [5, 5.41) is 2.69. The molecule has 0 atom stereocenters. The maximum atomic E-state index is 11.2. The molecule has 1 aromatic rings. The summed E-state index contributed by atoms with van der Waals surface area (Å²) < 4.78 is 4.96. The van der Waals surface area contributed by atoms with Crippen LogP contribution in [-0.2, 0) is 4.74 Å². The topological polar surface area (TPSA) is 38.3 Å².